The average Bonchev–Trinajstić information content (AvgIpc) is 2.67. The standard InChI is InChI=1S/C20H16Cl2N2O4S/c1-12-9-14(11-23-19(12)16-5-3-4-6-18(16)28-2)29(26,27)24-20(25)15-8-7-13(21)10-17(15)22/h3-11H,1-2H3,(H,24,25). The van der Waals surface area contributed by atoms with Crippen molar-refractivity contribution in [1.82, 2.24) is 9.71 Å². The molecule has 29 heavy (non-hydrogen) atoms. The molecule has 6 nitrogen and oxygen atoms in total. The van der Waals surface area contributed by atoms with Crippen molar-refractivity contribution in [2.75, 3.05) is 7.11 Å². The van der Waals surface area contributed by atoms with Gasteiger partial charge >= 0.3 is 0 Å². The number of halogens is 2. The predicted octanol–water partition coefficient (Wildman–Crippen LogP) is 4.49. The van der Waals surface area contributed by atoms with Crippen LogP contribution in [0.3, 0.4) is 0 Å². The molecule has 0 spiro atoms. The van der Waals surface area contributed by atoms with E-state index in [9.17, 15) is 13.2 Å². The molecular weight excluding hydrogens is 435 g/mol. The lowest BCUT2D eigenvalue weighted by Crippen LogP contribution is -2.31. The Balaban J connectivity index is 1.92. The molecule has 1 amide bonds. The maximum atomic E-state index is 12.7. The fourth-order valence-electron chi connectivity index (χ4n) is 2.73. The Morgan fingerprint density at radius 2 is 1.83 bits per heavy atom. The zero-order valence-electron chi connectivity index (χ0n) is 15.4. The molecule has 0 atom stereocenters. The minimum atomic E-state index is -4.16. The SMILES string of the molecule is COc1ccccc1-c1ncc(S(=O)(=O)NC(=O)c2ccc(Cl)cc2Cl)cc1C. The van der Waals surface area contributed by atoms with Crippen molar-refractivity contribution >= 4 is 39.1 Å². The Labute approximate surface area is 178 Å². The summed E-state index contributed by atoms with van der Waals surface area (Å²) < 4.78 is 32.6. The van der Waals surface area contributed by atoms with Gasteiger partial charge in [0.2, 0.25) is 0 Å². The predicted molar refractivity (Wildman–Crippen MR) is 112 cm³/mol. The number of nitrogens with zero attached hydrogens (tertiary/aromatic N) is 1. The Hall–Kier alpha value is -2.61. The van der Waals surface area contributed by atoms with E-state index in [1.807, 2.05) is 22.9 Å². The number of rotatable bonds is 5. The molecule has 0 fully saturated rings. The van der Waals surface area contributed by atoms with E-state index in [-0.39, 0.29) is 15.5 Å². The van der Waals surface area contributed by atoms with Crippen LogP contribution in [0.2, 0.25) is 10.0 Å². The van der Waals surface area contributed by atoms with Gasteiger partial charge in [-0.05, 0) is 48.9 Å². The molecule has 3 rings (SSSR count). The molecule has 2 aromatic carbocycles. The van der Waals surface area contributed by atoms with Crippen LogP contribution >= 0.6 is 23.2 Å². The number of ether oxygens (including phenoxy) is 1. The Morgan fingerprint density at radius 3 is 2.48 bits per heavy atom. The van der Waals surface area contributed by atoms with E-state index in [2.05, 4.69) is 4.98 Å². The first-order valence-corrected chi connectivity index (χ1v) is 10.6. The Bertz CT molecular complexity index is 1200. The molecule has 1 heterocycles. The number of nitrogens with one attached hydrogen (secondary N) is 1. The van der Waals surface area contributed by atoms with Gasteiger partial charge < -0.3 is 4.74 Å². The van der Waals surface area contributed by atoms with Gasteiger partial charge in [-0.1, -0.05) is 35.3 Å². The van der Waals surface area contributed by atoms with Crippen molar-refractivity contribution in [2.24, 2.45) is 0 Å². The fraction of sp³-hybridized carbons (Fsp3) is 0.100. The molecule has 9 heteroatoms. The number of carbonyl (C=O) groups is 1. The number of pyridine rings is 1. The third kappa shape index (κ3) is 4.53. The van der Waals surface area contributed by atoms with Crippen molar-refractivity contribution in [3.8, 4) is 17.0 Å². The topological polar surface area (TPSA) is 85.4 Å². The lowest BCUT2D eigenvalue weighted by Gasteiger charge is -2.12. The van der Waals surface area contributed by atoms with Crippen molar-refractivity contribution in [2.45, 2.75) is 11.8 Å². The van der Waals surface area contributed by atoms with Crippen molar-refractivity contribution in [1.29, 1.82) is 0 Å². The first-order valence-electron chi connectivity index (χ1n) is 8.35. The highest BCUT2D eigenvalue weighted by Crippen LogP contribution is 2.31. The van der Waals surface area contributed by atoms with E-state index >= 15 is 0 Å². The van der Waals surface area contributed by atoms with Gasteiger partial charge in [0.25, 0.3) is 15.9 Å². The number of hydrogen-bond donors (Lipinski definition) is 1. The number of carbonyl (C=O) groups excluding carboxylic acids is 1. The third-order valence-corrected chi connectivity index (χ3v) is 5.97. The second-order valence-electron chi connectivity index (χ2n) is 6.10. The molecule has 0 saturated carbocycles. The Morgan fingerprint density at radius 1 is 1.10 bits per heavy atom. The number of para-hydroxylation sites is 1. The second kappa shape index (κ2) is 8.41. The van der Waals surface area contributed by atoms with Crippen LogP contribution < -0.4 is 9.46 Å². The summed E-state index contributed by atoms with van der Waals surface area (Å²) in [6, 6.07) is 12.9. The minimum Gasteiger partial charge on any atom is -0.496 e. The lowest BCUT2D eigenvalue weighted by molar-refractivity contribution is 0.0981. The van der Waals surface area contributed by atoms with E-state index in [1.165, 1.54) is 30.5 Å². The van der Waals surface area contributed by atoms with Gasteiger partial charge in [0, 0.05) is 16.8 Å². The van der Waals surface area contributed by atoms with Gasteiger partial charge in [-0.25, -0.2) is 13.1 Å². The van der Waals surface area contributed by atoms with E-state index in [0.717, 1.165) is 5.56 Å². The molecule has 0 bridgehead atoms. The maximum absolute atomic E-state index is 12.7. The molecule has 0 aliphatic rings. The lowest BCUT2D eigenvalue weighted by atomic mass is 10.1. The summed E-state index contributed by atoms with van der Waals surface area (Å²) in [6.07, 6.45) is 1.19. The highest BCUT2D eigenvalue weighted by molar-refractivity contribution is 7.90. The summed E-state index contributed by atoms with van der Waals surface area (Å²) in [4.78, 5) is 16.5. The number of sulfonamides is 1. The monoisotopic (exact) mass is 450 g/mol. The number of benzene rings is 2. The summed E-state index contributed by atoms with van der Waals surface area (Å²) in [5, 5.41) is 0.382. The fourth-order valence-corrected chi connectivity index (χ4v) is 4.22. The van der Waals surface area contributed by atoms with Crippen LogP contribution in [0.4, 0.5) is 0 Å². The first-order chi connectivity index (χ1) is 13.7. The van der Waals surface area contributed by atoms with Crippen LogP contribution in [0.15, 0.2) is 59.6 Å². The Kier molecular flexibility index (Phi) is 6.12. The van der Waals surface area contributed by atoms with Gasteiger partial charge in [-0.15, -0.1) is 0 Å². The van der Waals surface area contributed by atoms with Crippen molar-refractivity contribution < 1.29 is 17.9 Å². The zero-order valence-corrected chi connectivity index (χ0v) is 17.8. The molecule has 0 saturated heterocycles. The largest absolute Gasteiger partial charge is 0.496 e. The van der Waals surface area contributed by atoms with Crippen LogP contribution in [-0.2, 0) is 10.0 Å². The van der Waals surface area contributed by atoms with Gasteiger partial charge in [0.1, 0.15) is 10.6 Å². The number of aromatic nitrogens is 1. The van der Waals surface area contributed by atoms with Crippen LogP contribution in [0.1, 0.15) is 15.9 Å². The number of hydrogen-bond acceptors (Lipinski definition) is 5. The van der Waals surface area contributed by atoms with Gasteiger partial charge in [-0.3, -0.25) is 9.78 Å². The normalized spacial score (nSPS) is 11.2. The van der Waals surface area contributed by atoms with E-state index in [1.54, 1.807) is 20.1 Å². The smallest absolute Gasteiger partial charge is 0.266 e. The molecule has 3 aromatic rings. The highest BCUT2D eigenvalue weighted by atomic mass is 35.5. The van der Waals surface area contributed by atoms with E-state index in [4.69, 9.17) is 27.9 Å². The number of aryl methyl sites for hydroxylation is 1. The number of methoxy groups -OCH3 is 1. The molecule has 0 aliphatic heterocycles. The maximum Gasteiger partial charge on any atom is 0.266 e. The van der Waals surface area contributed by atoms with Crippen LogP contribution in [0.25, 0.3) is 11.3 Å². The quantitative estimate of drug-likeness (QED) is 0.618. The van der Waals surface area contributed by atoms with Gasteiger partial charge in [0.05, 0.1) is 23.4 Å². The molecule has 150 valence electrons. The van der Waals surface area contributed by atoms with Crippen molar-refractivity contribution in [3.05, 3.63) is 75.9 Å². The van der Waals surface area contributed by atoms with Crippen LogP contribution in [0, 0.1) is 6.92 Å². The third-order valence-electron chi connectivity index (χ3n) is 4.13. The molecule has 1 aromatic heterocycles. The first kappa shape index (κ1) is 21.1. The molecule has 0 aliphatic carbocycles. The van der Waals surface area contributed by atoms with E-state index < -0.39 is 15.9 Å². The van der Waals surface area contributed by atoms with Gasteiger partial charge in [0.15, 0.2) is 0 Å². The summed E-state index contributed by atoms with van der Waals surface area (Å²) in [6.45, 7) is 1.73. The molecule has 0 unspecified atom stereocenters. The minimum absolute atomic E-state index is 0.00466. The molecule has 0 radical (unpaired) electrons. The van der Waals surface area contributed by atoms with Crippen LogP contribution in [0.5, 0.6) is 5.75 Å². The molecular formula is C20H16Cl2N2O4S. The van der Waals surface area contributed by atoms with Crippen LogP contribution in [-0.4, -0.2) is 26.4 Å². The second-order valence-corrected chi connectivity index (χ2v) is 8.62. The summed E-state index contributed by atoms with van der Waals surface area (Å²) >= 11 is 11.8. The van der Waals surface area contributed by atoms with E-state index in [0.29, 0.717) is 22.0 Å². The average molecular weight is 451 g/mol. The summed E-state index contributed by atoms with van der Waals surface area (Å²) in [5.74, 6) is -0.248. The van der Waals surface area contributed by atoms with Crippen molar-refractivity contribution in [3.63, 3.8) is 0 Å². The highest BCUT2D eigenvalue weighted by Gasteiger charge is 2.22. The molecule has 1 N–H and O–H groups in total. The zero-order chi connectivity index (χ0) is 21.2. The van der Waals surface area contributed by atoms with Gasteiger partial charge in [-0.2, -0.15) is 0 Å². The summed E-state index contributed by atoms with van der Waals surface area (Å²) in [7, 11) is -2.61. The summed E-state index contributed by atoms with van der Waals surface area (Å²) in [5.41, 5.74) is 1.91. The number of amides is 1.